The summed E-state index contributed by atoms with van der Waals surface area (Å²) < 4.78 is 18.1. The topological polar surface area (TPSA) is 84.6 Å². The van der Waals surface area contributed by atoms with Crippen LogP contribution in [-0.4, -0.2) is 17.1 Å². The van der Waals surface area contributed by atoms with Crippen LogP contribution in [-0.2, 0) is 6.54 Å². The first-order valence-electron chi connectivity index (χ1n) is 6.05. The van der Waals surface area contributed by atoms with Gasteiger partial charge in [0.2, 0.25) is 5.82 Å². The Labute approximate surface area is 119 Å². The highest BCUT2D eigenvalue weighted by Crippen LogP contribution is 2.27. The van der Waals surface area contributed by atoms with Crippen LogP contribution in [0.2, 0.25) is 0 Å². The minimum absolute atomic E-state index is 0.00175. The van der Waals surface area contributed by atoms with Crippen molar-refractivity contribution in [3.8, 4) is 11.5 Å². The number of nitro benzene ring substituents is 1. The molecular formula is C14H13FN2O4. The SMILES string of the molecule is COc1ccc(CNc2ccc(F)c([N+](=O)[O-])c2)cc1O. The second kappa shape index (κ2) is 6.08. The van der Waals surface area contributed by atoms with Crippen molar-refractivity contribution in [3.05, 3.63) is 57.9 Å². The highest BCUT2D eigenvalue weighted by atomic mass is 19.1. The van der Waals surface area contributed by atoms with E-state index >= 15 is 0 Å². The Morgan fingerprint density at radius 2 is 2.10 bits per heavy atom. The van der Waals surface area contributed by atoms with E-state index in [-0.39, 0.29) is 5.75 Å². The predicted octanol–water partition coefficient (Wildman–Crippen LogP) is 3.06. The number of ether oxygens (including phenoxy) is 1. The Balaban J connectivity index is 2.11. The molecule has 0 atom stereocenters. The van der Waals surface area contributed by atoms with Crippen LogP contribution in [0.3, 0.4) is 0 Å². The number of aromatic hydroxyl groups is 1. The number of rotatable bonds is 5. The van der Waals surface area contributed by atoms with Crippen LogP contribution in [0.4, 0.5) is 15.8 Å². The molecule has 0 saturated heterocycles. The lowest BCUT2D eigenvalue weighted by molar-refractivity contribution is -0.387. The zero-order valence-electron chi connectivity index (χ0n) is 11.2. The average molecular weight is 292 g/mol. The second-order valence-electron chi connectivity index (χ2n) is 4.28. The van der Waals surface area contributed by atoms with Gasteiger partial charge in [-0.15, -0.1) is 0 Å². The summed E-state index contributed by atoms with van der Waals surface area (Å²) in [6.07, 6.45) is 0. The maximum atomic E-state index is 13.2. The molecular weight excluding hydrogens is 279 g/mol. The van der Waals surface area contributed by atoms with Crippen LogP contribution in [0, 0.1) is 15.9 Å². The maximum Gasteiger partial charge on any atom is 0.306 e. The summed E-state index contributed by atoms with van der Waals surface area (Å²) in [6, 6.07) is 8.43. The van der Waals surface area contributed by atoms with E-state index in [9.17, 15) is 19.6 Å². The third-order valence-electron chi connectivity index (χ3n) is 2.88. The van der Waals surface area contributed by atoms with E-state index in [0.717, 1.165) is 17.7 Å². The molecule has 0 radical (unpaired) electrons. The van der Waals surface area contributed by atoms with Gasteiger partial charge in [0.05, 0.1) is 12.0 Å². The summed E-state index contributed by atoms with van der Waals surface area (Å²) in [6.45, 7) is 0.320. The Morgan fingerprint density at radius 1 is 1.33 bits per heavy atom. The van der Waals surface area contributed by atoms with Crippen LogP contribution in [0.1, 0.15) is 5.56 Å². The number of halogens is 1. The summed E-state index contributed by atoms with van der Waals surface area (Å²) >= 11 is 0. The number of anilines is 1. The number of phenolic OH excluding ortho intramolecular Hbond substituents is 1. The number of nitrogens with zero attached hydrogens (tertiary/aromatic N) is 1. The van der Waals surface area contributed by atoms with Crippen molar-refractivity contribution >= 4 is 11.4 Å². The second-order valence-corrected chi connectivity index (χ2v) is 4.28. The number of nitrogens with one attached hydrogen (secondary N) is 1. The van der Waals surface area contributed by atoms with Crippen molar-refractivity contribution in [2.45, 2.75) is 6.54 Å². The number of hydrogen-bond donors (Lipinski definition) is 2. The molecule has 0 aliphatic rings. The third-order valence-corrected chi connectivity index (χ3v) is 2.88. The van der Waals surface area contributed by atoms with Gasteiger partial charge < -0.3 is 15.2 Å². The lowest BCUT2D eigenvalue weighted by Gasteiger charge is -2.09. The lowest BCUT2D eigenvalue weighted by Crippen LogP contribution is -2.01. The van der Waals surface area contributed by atoms with E-state index in [4.69, 9.17) is 4.74 Å². The molecule has 0 saturated carbocycles. The maximum absolute atomic E-state index is 13.2. The van der Waals surface area contributed by atoms with Gasteiger partial charge in [0.25, 0.3) is 0 Å². The van der Waals surface area contributed by atoms with Crippen LogP contribution in [0.15, 0.2) is 36.4 Å². The Morgan fingerprint density at radius 3 is 2.71 bits per heavy atom. The summed E-state index contributed by atoms with van der Waals surface area (Å²) in [7, 11) is 1.45. The monoisotopic (exact) mass is 292 g/mol. The van der Waals surface area contributed by atoms with Gasteiger partial charge in [0.15, 0.2) is 11.5 Å². The average Bonchev–Trinajstić information content (AvgIpc) is 2.46. The van der Waals surface area contributed by atoms with Crippen molar-refractivity contribution in [1.29, 1.82) is 0 Å². The van der Waals surface area contributed by atoms with E-state index in [0.29, 0.717) is 18.0 Å². The molecule has 0 spiro atoms. The number of hydrogen-bond acceptors (Lipinski definition) is 5. The molecule has 2 rings (SSSR count). The van der Waals surface area contributed by atoms with Crippen molar-refractivity contribution in [2.24, 2.45) is 0 Å². The Bertz CT molecular complexity index is 676. The normalized spacial score (nSPS) is 10.2. The zero-order chi connectivity index (χ0) is 15.4. The van der Waals surface area contributed by atoms with Crippen molar-refractivity contribution in [2.75, 3.05) is 12.4 Å². The largest absolute Gasteiger partial charge is 0.504 e. The first-order valence-corrected chi connectivity index (χ1v) is 6.05. The van der Waals surface area contributed by atoms with E-state index in [1.54, 1.807) is 12.1 Å². The first kappa shape index (κ1) is 14.6. The van der Waals surface area contributed by atoms with Crippen molar-refractivity contribution < 1.29 is 19.2 Å². The fourth-order valence-electron chi connectivity index (χ4n) is 1.81. The molecule has 0 bridgehead atoms. The summed E-state index contributed by atoms with van der Waals surface area (Å²) in [5.41, 5.74) is 0.580. The van der Waals surface area contributed by atoms with Crippen LogP contribution in [0.5, 0.6) is 11.5 Å². The number of nitro groups is 1. The fraction of sp³-hybridized carbons (Fsp3) is 0.143. The Kier molecular flexibility index (Phi) is 4.22. The molecule has 0 aliphatic carbocycles. The summed E-state index contributed by atoms with van der Waals surface area (Å²) in [5, 5.41) is 23.2. The van der Waals surface area contributed by atoms with Gasteiger partial charge >= 0.3 is 5.69 Å². The highest BCUT2D eigenvalue weighted by molar-refractivity contribution is 5.52. The van der Waals surface area contributed by atoms with Crippen LogP contribution in [0.25, 0.3) is 0 Å². The van der Waals surface area contributed by atoms with Gasteiger partial charge in [-0.2, -0.15) is 4.39 Å². The molecule has 0 amide bonds. The molecule has 0 fully saturated rings. The fourth-order valence-corrected chi connectivity index (χ4v) is 1.81. The number of benzene rings is 2. The van der Waals surface area contributed by atoms with Crippen molar-refractivity contribution in [1.82, 2.24) is 0 Å². The molecule has 6 nitrogen and oxygen atoms in total. The smallest absolute Gasteiger partial charge is 0.306 e. The molecule has 21 heavy (non-hydrogen) atoms. The minimum Gasteiger partial charge on any atom is -0.504 e. The molecule has 110 valence electrons. The quantitative estimate of drug-likeness (QED) is 0.653. The molecule has 2 aromatic carbocycles. The van der Waals surface area contributed by atoms with Crippen LogP contribution >= 0.6 is 0 Å². The van der Waals surface area contributed by atoms with Gasteiger partial charge in [-0.1, -0.05) is 6.07 Å². The molecule has 2 N–H and O–H groups in total. The Hall–Kier alpha value is -2.83. The van der Waals surface area contributed by atoms with Gasteiger partial charge in [-0.05, 0) is 29.8 Å². The van der Waals surface area contributed by atoms with Crippen molar-refractivity contribution in [3.63, 3.8) is 0 Å². The molecule has 0 heterocycles. The van der Waals surface area contributed by atoms with E-state index < -0.39 is 16.4 Å². The molecule has 7 heteroatoms. The van der Waals surface area contributed by atoms with E-state index in [1.165, 1.54) is 19.2 Å². The predicted molar refractivity (Wildman–Crippen MR) is 75.0 cm³/mol. The summed E-state index contributed by atoms with van der Waals surface area (Å²) in [4.78, 5) is 9.88. The molecule has 0 unspecified atom stereocenters. The minimum atomic E-state index is -0.882. The number of methoxy groups -OCH3 is 1. The van der Waals surface area contributed by atoms with Crippen LogP contribution < -0.4 is 10.1 Å². The van der Waals surface area contributed by atoms with Gasteiger partial charge in [0.1, 0.15) is 0 Å². The number of phenols is 1. The standard InChI is InChI=1S/C14H13FN2O4/c1-21-14-5-2-9(6-13(14)18)8-16-10-3-4-11(15)12(7-10)17(19)20/h2-7,16,18H,8H2,1H3. The highest BCUT2D eigenvalue weighted by Gasteiger charge is 2.14. The lowest BCUT2D eigenvalue weighted by atomic mass is 10.2. The molecule has 0 aliphatic heterocycles. The van der Waals surface area contributed by atoms with E-state index in [2.05, 4.69) is 5.32 Å². The zero-order valence-corrected chi connectivity index (χ0v) is 11.2. The van der Waals surface area contributed by atoms with Gasteiger partial charge in [-0.3, -0.25) is 10.1 Å². The van der Waals surface area contributed by atoms with E-state index in [1.807, 2.05) is 0 Å². The molecule has 0 aromatic heterocycles. The summed E-state index contributed by atoms with van der Waals surface area (Å²) in [5.74, 6) is -0.523. The van der Waals surface area contributed by atoms with Gasteiger partial charge in [0, 0.05) is 18.3 Å². The molecule has 2 aromatic rings. The first-order chi connectivity index (χ1) is 10.0. The van der Waals surface area contributed by atoms with Gasteiger partial charge in [-0.25, -0.2) is 0 Å². The third kappa shape index (κ3) is 3.38.